The molecule has 0 aliphatic heterocycles. The molecule has 0 spiro atoms. The van der Waals surface area contributed by atoms with Crippen molar-refractivity contribution in [2.24, 2.45) is 7.05 Å². The lowest BCUT2D eigenvalue weighted by Gasteiger charge is -2.09. The van der Waals surface area contributed by atoms with Gasteiger partial charge in [-0.3, -0.25) is 4.68 Å². The molecule has 0 saturated carbocycles. The first-order valence-corrected chi connectivity index (χ1v) is 5.55. The van der Waals surface area contributed by atoms with Gasteiger partial charge in [-0.05, 0) is 37.6 Å². The van der Waals surface area contributed by atoms with E-state index in [4.69, 9.17) is 0 Å². The number of nitrogens with zero attached hydrogens (tertiary/aromatic N) is 2. The Balaban J connectivity index is 2.10. The first-order valence-electron chi connectivity index (χ1n) is 5.55. The highest BCUT2D eigenvalue weighted by molar-refractivity contribution is 5.50. The summed E-state index contributed by atoms with van der Waals surface area (Å²) in [6.07, 6.45) is 1.85. The molecule has 0 aliphatic rings. The zero-order valence-electron chi connectivity index (χ0n) is 10.3. The molecule has 0 aliphatic carbocycles. The predicted octanol–water partition coefficient (Wildman–Crippen LogP) is 2.79. The van der Waals surface area contributed by atoms with E-state index in [1.807, 2.05) is 31.8 Å². The Bertz CT molecular complexity index is 531. The van der Waals surface area contributed by atoms with Crippen LogP contribution in [0.15, 0.2) is 24.4 Å². The second kappa shape index (κ2) is 4.57. The molecule has 0 unspecified atom stereocenters. The van der Waals surface area contributed by atoms with Crippen molar-refractivity contribution in [3.63, 3.8) is 0 Å². The first kappa shape index (κ1) is 11.6. The molecule has 1 aromatic heterocycles. The molecule has 1 N–H and O–H groups in total. The van der Waals surface area contributed by atoms with Gasteiger partial charge in [-0.2, -0.15) is 5.10 Å². The fraction of sp³-hybridized carbons (Fsp3) is 0.308. The van der Waals surface area contributed by atoms with Crippen LogP contribution in [-0.4, -0.2) is 9.78 Å². The van der Waals surface area contributed by atoms with Crippen molar-refractivity contribution in [2.75, 3.05) is 5.32 Å². The number of aromatic nitrogens is 2. The van der Waals surface area contributed by atoms with E-state index in [2.05, 4.69) is 10.4 Å². The van der Waals surface area contributed by atoms with Gasteiger partial charge in [-0.25, -0.2) is 4.39 Å². The van der Waals surface area contributed by atoms with Crippen LogP contribution >= 0.6 is 0 Å². The van der Waals surface area contributed by atoms with Gasteiger partial charge < -0.3 is 5.32 Å². The van der Waals surface area contributed by atoms with E-state index in [9.17, 15) is 4.39 Å². The first-order chi connectivity index (χ1) is 8.08. The van der Waals surface area contributed by atoms with E-state index in [1.165, 1.54) is 12.1 Å². The van der Waals surface area contributed by atoms with Crippen LogP contribution in [0.2, 0.25) is 0 Å². The van der Waals surface area contributed by atoms with E-state index >= 15 is 0 Å². The van der Waals surface area contributed by atoms with Crippen LogP contribution in [0.1, 0.15) is 16.8 Å². The molecule has 0 radical (unpaired) electrons. The quantitative estimate of drug-likeness (QED) is 0.883. The molecular formula is C13H16FN3. The maximum atomic E-state index is 12.9. The summed E-state index contributed by atoms with van der Waals surface area (Å²) in [7, 11) is 1.92. The van der Waals surface area contributed by atoms with E-state index in [1.54, 1.807) is 6.07 Å². The number of hydrogen-bond acceptors (Lipinski definition) is 2. The third-order valence-corrected chi connectivity index (χ3v) is 2.99. The molecule has 4 heteroatoms. The van der Waals surface area contributed by atoms with E-state index < -0.39 is 0 Å². The van der Waals surface area contributed by atoms with Gasteiger partial charge in [0.2, 0.25) is 0 Å². The predicted molar refractivity (Wildman–Crippen MR) is 66.4 cm³/mol. The van der Waals surface area contributed by atoms with Crippen LogP contribution in [0, 0.1) is 19.7 Å². The third kappa shape index (κ3) is 2.46. The number of halogens is 1. The summed E-state index contributed by atoms with van der Waals surface area (Å²) >= 11 is 0. The SMILES string of the molecule is Cc1cc(F)ccc1NCc1cnn(C)c1C. The molecule has 0 saturated heterocycles. The van der Waals surface area contributed by atoms with Crippen LogP contribution in [0.5, 0.6) is 0 Å². The molecule has 0 bridgehead atoms. The summed E-state index contributed by atoms with van der Waals surface area (Å²) in [5.41, 5.74) is 4.15. The highest BCUT2D eigenvalue weighted by Crippen LogP contribution is 2.17. The lowest BCUT2D eigenvalue weighted by molar-refractivity contribution is 0.627. The molecular weight excluding hydrogens is 217 g/mol. The van der Waals surface area contributed by atoms with Gasteiger partial charge in [0.15, 0.2) is 0 Å². The summed E-state index contributed by atoms with van der Waals surface area (Å²) in [6, 6.07) is 4.75. The number of anilines is 1. The Hall–Kier alpha value is -1.84. The van der Waals surface area contributed by atoms with Crippen LogP contribution in [0.25, 0.3) is 0 Å². The molecule has 1 aromatic carbocycles. The molecule has 2 rings (SSSR count). The highest BCUT2D eigenvalue weighted by Gasteiger charge is 2.04. The van der Waals surface area contributed by atoms with Crippen molar-refractivity contribution < 1.29 is 4.39 Å². The normalized spacial score (nSPS) is 10.6. The Morgan fingerprint density at radius 1 is 1.35 bits per heavy atom. The van der Waals surface area contributed by atoms with E-state index in [0.29, 0.717) is 6.54 Å². The number of hydrogen-bond donors (Lipinski definition) is 1. The number of rotatable bonds is 3. The standard InChI is InChI=1S/C13H16FN3/c1-9-6-12(14)4-5-13(9)15-7-11-8-16-17(3)10(11)2/h4-6,8,15H,7H2,1-3H3. The molecule has 1 heterocycles. The van der Waals surface area contributed by atoms with Crippen molar-refractivity contribution in [1.82, 2.24) is 9.78 Å². The second-order valence-electron chi connectivity index (χ2n) is 4.19. The van der Waals surface area contributed by atoms with Gasteiger partial charge >= 0.3 is 0 Å². The van der Waals surface area contributed by atoms with Gasteiger partial charge in [0, 0.05) is 30.5 Å². The van der Waals surface area contributed by atoms with Crippen molar-refractivity contribution in [3.8, 4) is 0 Å². The van der Waals surface area contributed by atoms with Crippen LogP contribution in [-0.2, 0) is 13.6 Å². The van der Waals surface area contributed by atoms with Crippen LogP contribution < -0.4 is 5.32 Å². The molecule has 0 atom stereocenters. The fourth-order valence-electron chi connectivity index (χ4n) is 1.73. The van der Waals surface area contributed by atoms with Gasteiger partial charge in [-0.15, -0.1) is 0 Å². The molecule has 17 heavy (non-hydrogen) atoms. The molecule has 2 aromatic rings. The van der Waals surface area contributed by atoms with Crippen LogP contribution in [0.4, 0.5) is 10.1 Å². The summed E-state index contributed by atoms with van der Waals surface area (Å²) in [6.45, 7) is 4.62. The Morgan fingerprint density at radius 2 is 2.12 bits per heavy atom. The van der Waals surface area contributed by atoms with Crippen molar-refractivity contribution in [2.45, 2.75) is 20.4 Å². The highest BCUT2D eigenvalue weighted by atomic mass is 19.1. The minimum absolute atomic E-state index is 0.203. The fourth-order valence-corrected chi connectivity index (χ4v) is 1.73. The number of nitrogens with one attached hydrogen (secondary N) is 1. The maximum absolute atomic E-state index is 12.9. The Kier molecular flexibility index (Phi) is 3.13. The monoisotopic (exact) mass is 233 g/mol. The number of benzene rings is 1. The molecule has 0 fully saturated rings. The minimum Gasteiger partial charge on any atom is -0.381 e. The van der Waals surface area contributed by atoms with Gasteiger partial charge in [-0.1, -0.05) is 0 Å². The minimum atomic E-state index is -0.203. The zero-order chi connectivity index (χ0) is 12.4. The van der Waals surface area contributed by atoms with Crippen molar-refractivity contribution in [1.29, 1.82) is 0 Å². The second-order valence-corrected chi connectivity index (χ2v) is 4.19. The summed E-state index contributed by atoms with van der Waals surface area (Å²) in [5.74, 6) is -0.203. The summed E-state index contributed by atoms with van der Waals surface area (Å²) in [4.78, 5) is 0. The summed E-state index contributed by atoms with van der Waals surface area (Å²) < 4.78 is 14.8. The molecule has 0 amide bonds. The van der Waals surface area contributed by atoms with Crippen LogP contribution in [0.3, 0.4) is 0 Å². The van der Waals surface area contributed by atoms with E-state index in [0.717, 1.165) is 22.5 Å². The smallest absolute Gasteiger partial charge is 0.123 e. The topological polar surface area (TPSA) is 29.9 Å². The molecule has 3 nitrogen and oxygen atoms in total. The maximum Gasteiger partial charge on any atom is 0.123 e. The third-order valence-electron chi connectivity index (χ3n) is 2.99. The van der Waals surface area contributed by atoms with E-state index in [-0.39, 0.29) is 5.82 Å². The largest absolute Gasteiger partial charge is 0.381 e. The lowest BCUT2D eigenvalue weighted by atomic mass is 10.2. The Labute approximate surface area is 100 Å². The number of aryl methyl sites for hydroxylation is 2. The van der Waals surface area contributed by atoms with Gasteiger partial charge in [0.25, 0.3) is 0 Å². The lowest BCUT2D eigenvalue weighted by Crippen LogP contribution is -2.02. The van der Waals surface area contributed by atoms with Crippen molar-refractivity contribution >= 4 is 5.69 Å². The average molecular weight is 233 g/mol. The zero-order valence-corrected chi connectivity index (χ0v) is 10.3. The molecule has 90 valence electrons. The van der Waals surface area contributed by atoms with Crippen molar-refractivity contribution in [3.05, 3.63) is 47.0 Å². The summed E-state index contributed by atoms with van der Waals surface area (Å²) in [5, 5.41) is 7.47. The Morgan fingerprint density at radius 3 is 2.71 bits per heavy atom. The van der Waals surface area contributed by atoms with Gasteiger partial charge in [0.1, 0.15) is 5.82 Å². The van der Waals surface area contributed by atoms with Gasteiger partial charge in [0.05, 0.1) is 6.20 Å². The average Bonchev–Trinajstić information content (AvgIpc) is 2.59.